The molecule has 1 aromatic heterocycles. The Hall–Kier alpha value is -2.48. The predicted octanol–water partition coefficient (Wildman–Crippen LogP) is 0.353. The first-order chi connectivity index (χ1) is 12.6. The van der Waals surface area contributed by atoms with Gasteiger partial charge in [0.05, 0.1) is 6.04 Å². The number of nitrogens with zero attached hydrogens (tertiary/aromatic N) is 2. The highest BCUT2D eigenvalue weighted by molar-refractivity contribution is 5.78. The van der Waals surface area contributed by atoms with Crippen LogP contribution in [0.2, 0.25) is 0 Å². The molecule has 8 heteroatoms. The molecule has 0 aromatic carbocycles. The Kier molecular flexibility index (Phi) is 10.6. The number of nitrogens with two attached hydrogens (primary N) is 1. The summed E-state index contributed by atoms with van der Waals surface area (Å²) < 4.78 is 0. The zero-order chi connectivity index (χ0) is 19.2. The van der Waals surface area contributed by atoms with Crippen LogP contribution in [-0.2, 0) is 14.4 Å². The molecule has 1 atom stereocenters. The van der Waals surface area contributed by atoms with Crippen molar-refractivity contribution < 1.29 is 14.4 Å². The SMILES string of the molecule is CN1C(=O)CCC1c1cccnc1.NCCCC(=O)NCCCNC=O. The molecule has 1 saturated heterocycles. The molecule has 3 amide bonds. The zero-order valence-corrected chi connectivity index (χ0v) is 15.3. The lowest BCUT2D eigenvalue weighted by atomic mass is 10.1. The standard InChI is InChI=1S/C10H12N2O.C8H17N3O2/c1-12-9(4-5-10(12)13)8-3-2-6-11-7-8;9-4-1-3-8(13)11-6-2-5-10-7-12/h2-3,6-7,9H,4-5H2,1H3;7H,1-6,9H2,(H,10,12)(H,11,13). The number of carbonyl (C=O) groups is 3. The van der Waals surface area contributed by atoms with Gasteiger partial charge in [0.2, 0.25) is 18.2 Å². The third kappa shape index (κ3) is 8.06. The number of pyridine rings is 1. The van der Waals surface area contributed by atoms with Gasteiger partial charge < -0.3 is 21.3 Å². The fourth-order valence-corrected chi connectivity index (χ4v) is 2.60. The molecule has 0 spiro atoms. The molecule has 0 saturated carbocycles. The van der Waals surface area contributed by atoms with E-state index < -0.39 is 0 Å². The molecule has 0 aliphatic carbocycles. The quantitative estimate of drug-likeness (QED) is 0.432. The second kappa shape index (κ2) is 12.8. The normalized spacial score (nSPS) is 15.8. The van der Waals surface area contributed by atoms with Crippen molar-refractivity contribution in [2.45, 2.75) is 38.1 Å². The number of hydrogen-bond acceptors (Lipinski definition) is 5. The van der Waals surface area contributed by atoms with E-state index in [2.05, 4.69) is 15.6 Å². The number of likely N-dealkylation sites (tertiary alicyclic amines) is 1. The largest absolute Gasteiger partial charge is 0.359 e. The van der Waals surface area contributed by atoms with Gasteiger partial charge in [0.25, 0.3) is 0 Å². The molecule has 1 unspecified atom stereocenters. The van der Waals surface area contributed by atoms with Gasteiger partial charge in [-0.25, -0.2) is 0 Å². The van der Waals surface area contributed by atoms with Gasteiger partial charge in [-0.3, -0.25) is 19.4 Å². The maximum atomic E-state index is 11.3. The minimum atomic E-state index is 0.0246. The van der Waals surface area contributed by atoms with E-state index in [-0.39, 0.29) is 17.9 Å². The van der Waals surface area contributed by atoms with Gasteiger partial charge in [0.1, 0.15) is 0 Å². The average Bonchev–Trinajstić information content (AvgIpc) is 3.00. The Morgan fingerprint density at radius 1 is 1.42 bits per heavy atom. The monoisotopic (exact) mass is 363 g/mol. The third-order valence-electron chi connectivity index (χ3n) is 4.07. The first-order valence-corrected chi connectivity index (χ1v) is 8.89. The summed E-state index contributed by atoms with van der Waals surface area (Å²) >= 11 is 0. The Morgan fingerprint density at radius 2 is 2.23 bits per heavy atom. The Balaban J connectivity index is 0.000000260. The molecular weight excluding hydrogens is 334 g/mol. The molecule has 1 fully saturated rings. The second-order valence-corrected chi connectivity index (χ2v) is 6.01. The molecule has 4 N–H and O–H groups in total. The minimum absolute atomic E-state index is 0.0246. The lowest BCUT2D eigenvalue weighted by Gasteiger charge is -2.19. The summed E-state index contributed by atoms with van der Waals surface area (Å²) in [5, 5.41) is 5.24. The summed E-state index contributed by atoms with van der Waals surface area (Å²) in [6, 6.07) is 4.17. The molecule has 1 aliphatic heterocycles. The van der Waals surface area contributed by atoms with Gasteiger partial charge in [0, 0.05) is 45.4 Å². The van der Waals surface area contributed by atoms with E-state index in [1.807, 2.05) is 25.4 Å². The number of rotatable bonds is 9. The molecule has 1 aromatic rings. The number of aromatic nitrogens is 1. The maximum Gasteiger partial charge on any atom is 0.222 e. The molecule has 8 nitrogen and oxygen atoms in total. The molecule has 2 rings (SSSR count). The van der Waals surface area contributed by atoms with Crippen molar-refractivity contribution in [1.29, 1.82) is 0 Å². The van der Waals surface area contributed by atoms with Crippen molar-refractivity contribution >= 4 is 18.2 Å². The average molecular weight is 363 g/mol. The summed E-state index contributed by atoms with van der Waals surface area (Å²) in [5.41, 5.74) is 6.38. The van der Waals surface area contributed by atoms with Crippen LogP contribution in [0.1, 0.15) is 43.7 Å². The third-order valence-corrected chi connectivity index (χ3v) is 4.07. The van der Waals surface area contributed by atoms with Gasteiger partial charge in [0.15, 0.2) is 0 Å². The van der Waals surface area contributed by atoms with Crippen LogP contribution < -0.4 is 16.4 Å². The van der Waals surface area contributed by atoms with Crippen molar-refractivity contribution in [2.75, 3.05) is 26.7 Å². The molecule has 1 aliphatic rings. The van der Waals surface area contributed by atoms with E-state index in [0.29, 0.717) is 38.9 Å². The van der Waals surface area contributed by atoms with Crippen LogP contribution in [0, 0.1) is 0 Å². The van der Waals surface area contributed by atoms with Crippen LogP contribution in [0.5, 0.6) is 0 Å². The number of amides is 3. The van der Waals surface area contributed by atoms with E-state index >= 15 is 0 Å². The predicted molar refractivity (Wildman–Crippen MR) is 99.0 cm³/mol. The minimum Gasteiger partial charge on any atom is -0.359 e. The topological polar surface area (TPSA) is 117 Å². The highest BCUT2D eigenvalue weighted by atomic mass is 16.2. The summed E-state index contributed by atoms with van der Waals surface area (Å²) in [6.07, 6.45) is 7.77. The van der Waals surface area contributed by atoms with Gasteiger partial charge in [-0.15, -0.1) is 0 Å². The van der Waals surface area contributed by atoms with Crippen LogP contribution >= 0.6 is 0 Å². The zero-order valence-electron chi connectivity index (χ0n) is 15.3. The van der Waals surface area contributed by atoms with Crippen LogP contribution in [0.3, 0.4) is 0 Å². The van der Waals surface area contributed by atoms with Gasteiger partial charge >= 0.3 is 0 Å². The highest BCUT2D eigenvalue weighted by Crippen LogP contribution is 2.30. The van der Waals surface area contributed by atoms with Crippen molar-refractivity contribution in [3.05, 3.63) is 30.1 Å². The maximum absolute atomic E-state index is 11.3. The van der Waals surface area contributed by atoms with Gasteiger partial charge in [-0.1, -0.05) is 6.07 Å². The van der Waals surface area contributed by atoms with Gasteiger partial charge in [-0.05, 0) is 37.4 Å². The lowest BCUT2D eigenvalue weighted by molar-refractivity contribution is -0.127. The van der Waals surface area contributed by atoms with E-state index in [9.17, 15) is 14.4 Å². The van der Waals surface area contributed by atoms with E-state index in [4.69, 9.17) is 5.73 Å². The number of carbonyl (C=O) groups excluding carboxylic acids is 3. The van der Waals surface area contributed by atoms with Gasteiger partial charge in [-0.2, -0.15) is 0 Å². The molecule has 0 bridgehead atoms. The number of nitrogens with one attached hydrogen (secondary N) is 2. The van der Waals surface area contributed by atoms with Crippen molar-refractivity contribution in [1.82, 2.24) is 20.5 Å². The Bertz CT molecular complexity index is 553. The summed E-state index contributed by atoms with van der Waals surface area (Å²) in [5.74, 6) is 0.255. The smallest absolute Gasteiger partial charge is 0.222 e. The second-order valence-electron chi connectivity index (χ2n) is 6.01. The summed E-state index contributed by atoms with van der Waals surface area (Å²) in [6.45, 7) is 1.74. The van der Waals surface area contributed by atoms with E-state index in [0.717, 1.165) is 24.8 Å². The molecule has 26 heavy (non-hydrogen) atoms. The van der Waals surface area contributed by atoms with Crippen molar-refractivity contribution in [3.63, 3.8) is 0 Å². The number of hydrogen-bond donors (Lipinski definition) is 3. The van der Waals surface area contributed by atoms with E-state index in [1.165, 1.54) is 0 Å². The summed E-state index contributed by atoms with van der Waals surface area (Å²) in [4.78, 5) is 37.9. The fraction of sp³-hybridized carbons (Fsp3) is 0.556. The first kappa shape index (κ1) is 21.6. The Morgan fingerprint density at radius 3 is 2.81 bits per heavy atom. The molecule has 0 radical (unpaired) electrons. The lowest BCUT2D eigenvalue weighted by Crippen LogP contribution is -2.27. The Labute approximate surface area is 154 Å². The molecule has 2 heterocycles. The van der Waals surface area contributed by atoms with Crippen LogP contribution in [0.25, 0.3) is 0 Å². The fourth-order valence-electron chi connectivity index (χ4n) is 2.60. The molecular formula is C18H29N5O3. The van der Waals surface area contributed by atoms with E-state index in [1.54, 1.807) is 11.1 Å². The van der Waals surface area contributed by atoms with Crippen molar-refractivity contribution in [3.8, 4) is 0 Å². The molecule has 144 valence electrons. The summed E-state index contributed by atoms with van der Waals surface area (Å²) in [7, 11) is 1.85. The highest BCUT2D eigenvalue weighted by Gasteiger charge is 2.28. The first-order valence-electron chi connectivity index (χ1n) is 8.89. The van der Waals surface area contributed by atoms with Crippen LogP contribution in [0.15, 0.2) is 24.5 Å². The van der Waals surface area contributed by atoms with Crippen molar-refractivity contribution in [2.24, 2.45) is 5.73 Å². The van der Waals surface area contributed by atoms with Crippen LogP contribution in [0.4, 0.5) is 0 Å². The van der Waals surface area contributed by atoms with Crippen LogP contribution in [-0.4, -0.2) is 54.8 Å².